The van der Waals surface area contributed by atoms with Crippen molar-refractivity contribution in [3.05, 3.63) is 41.2 Å². The molecule has 1 unspecified atom stereocenters. The summed E-state index contributed by atoms with van der Waals surface area (Å²) in [5.74, 6) is 0.934. The third kappa shape index (κ3) is 3.64. The van der Waals surface area contributed by atoms with Crippen molar-refractivity contribution in [2.24, 2.45) is 0 Å². The van der Waals surface area contributed by atoms with E-state index in [-0.39, 0.29) is 12.5 Å². The Kier molecular flexibility index (Phi) is 4.64. The van der Waals surface area contributed by atoms with Crippen LogP contribution in [-0.2, 0) is 20.8 Å². The second kappa shape index (κ2) is 6.92. The zero-order valence-corrected chi connectivity index (χ0v) is 15.1. The molecule has 25 heavy (non-hydrogen) atoms. The van der Waals surface area contributed by atoms with Gasteiger partial charge in [0.25, 0.3) is 5.91 Å². The van der Waals surface area contributed by atoms with Crippen molar-refractivity contribution in [2.45, 2.75) is 19.1 Å². The average molecular weight is 362 g/mol. The van der Waals surface area contributed by atoms with Gasteiger partial charge in [-0.25, -0.2) is 0 Å². The summed E-state index contributed by atoms with van der Waals surface area (Å²) in [5, 5.41) is 0.979. The summed E-state index contributed by atoms with van der Waals surface area (Å²) in [5.41, 5.74) is -0.505. The van der Waals surface area contributed by atoms with E-state index < -0.39 is 5.60 Å². The highest BCUT2D eigenvalue weighted by molar-refractivity contribution is 7.16. The smallest absolute Gasteiger partial charge is 0.253 e. The second-order valence-electron chi connectivity index (χ2n) is 6.68. The molecular weight excluding hydrogens is 340 g/mol. The molecule has 1 amide bonds. The normalized spacial score (nSPS) is 25.5. The predicted octanol–water partition coefficient (Wildman–Crippen LogP) is 2.28. The Morgan fingerprint density at radius 1 is 1.28 bits per heavy atom. The van der Waals surface area contributed by atoms with Gasteiger partial charge in [0.1, 0.15) is 18.0 Å². The SMILES string of the molecule is Cc1ccc(N2CC3(COCCN(Cc4ccco4)C3)OCC2=O)s1. The van der Waals surface area contributed by atoms with Gasteiger partial charge in [-0.15, -0.1) is 11.3 Å². The fourth-order valence-electron chi connectivity index (χ4n) is 3.41. The molecule has 6 nitrogen and oxygen atoms in total. The number of hydrogen-bond donors (Lipinski definition) is 0. The van der Waals surface area contributed by atoms with Gasteiger partial charge in [-0.3, -0.25) is 14.6 Å². The molecule has 0 saturated carbocycles. The Labute approximate surface area is 150 Å². The van der Waals surface area contributed by atoms with Crippen molar-refractivity contribution in [1.29, 1.82) is 0 Å². The van der Waals surface area contributed by atoms with Crippen LogP contribution in [0.5, 0.6) is 0 Å². The van der Waals surface area contributed by atoms with Crippen LogP contribution in [0.2, 0.25) is 0 Å². The highest BCUT2D eigenvalue weighted by Crippen LogP contribution is 2.31. The van der Waals surface area contributed by atoms with Crippen LogP contribution in [0.4, 0.5) is 5.00 Å². The van der Waals surface area contributed by atoms with E-state index in [1.54, 1.807) is 17.6 Å². The van der Waals surface area contributed by atoms with E-state index in [2.05, 4.69) is 11.8 Å². The van der Waals surface area contributed by atoms with Crippen LogP contribution in [0.1, 0.15) is 10.6 Å². The summed E-state index contributed by atoms with van der Waals surface area (Å²) in [6.07, 6.45) is 1.69. The van der Waals surface area contributed by atoms with E-state index in [9.17, 15) is 4.79 Å². The molecule has 134 valence electrons. The molecule has 0 aromatic carbocycles. The van der Waals surface area contributed by atoms with Crippen LogP contribution < -0.4 is 4.90 Å². The highest BCUT2D eigenvalue weighted by Gasteiger charge is 2.43. The van der Waals surface area contributed by atoms with Crippen LogP contribution in [0.3, 0.4) is 0 Å². The van der Waals surface area contributed by atoms with E-state index in [1.165, 1.54) is 4.88 Å². The maximum atomic E-state index is 12.4. The standard InChI is InChI=1S/C18H22N2O4S/c1-14-4-5-17(25-14)20-12-18(24-10-16(20)21)11-19(6-8-22-13-18)9-15-3-2-7-23-15/h2-5,7H,6,8-13H2,1H3. The molecule has 0 aliphatic carbocycles. The first kappa shape index (κ1) is 16.8. The molecule has 0 bridgehead atoms. The summed E-state index contributed by atoms with van der Waals surface area (Å²) in [6.45, 7) is 6.05. The summed E-state index contributed by atoms with van der Waals surface area (Å²) in [6, 6.07) is 7.93. The van der Waals surface area contributed by atoms with Crippen LogP contribution in [0, 0.1) is 6.92 Å². The summed E-state index contributed by atoms with van der Waals surface area (Å²) in [4.78, 5) is 17.7. The zero-order chi connectivity index (χ0) is 17.3. The van der Waals surface area contributed by atoms with Crippen LogP contribution in [-0.4, -0.2) is 55.9 Å². The van der Waals surface area contributed by atoms with Gasteiger partial charge in [0.05, 0.1) is 37.6 Å². The van der Waals surface area contributed by atoms with Crippen LogP contribution in [0.15, 0.2) is 34.9 Å². The van der Waals surface area contributed by atoms with Crippen molar-refractivity contribution >= 4 is 22.2 Å². The quantitative estimate of drug-likeness (QED) is 0.839. The lowest BCUT2D eigenvalue weighted by Crippen LogP contribution is -2.60. The Morgan fingerprint density at radius 2 is 2.20 bits per heavy atom. The number of furan rings is 1. The van der Waals surface area contributed by atoms with Gasteiger partial charge in [0.15, 0.2) is 0 Å². The van der Waals surface area contributed by atoms with Gasteiger partial charge in [-0.05, 0) is 31.2 Å². The van der Waals surface area contributed by atoms with Crippen molar-refractivity contribution < 1.29 is 18.7 Å². The minimum atomic E-state index is -0.505. The lowest BCUT2D eigenvalue weighted by molar-refractivity contribution is -0.146. The first-order chi connectivity index (χ1) is 12.1. The molecule has 4 rings (SSSR count). The maximum Gasteiger partial charge on any atom is 0.253 e. The molecule has 2 aliphatic heterocycles. The molecule has 1 spiro atoms. The topological polar surface area (TPSA) is 55.1 Å². The first-order valence-corrected chi connectivity index (χ1v) is 9.28. The number of carbonyl (C=O) groups is 1. The number of hydrogen-bond acceptors (Lipinski definition) is 6. The number of aryl methyl sites for hydroxylation is 1. The second-order valence-corrected chi connectivity index (χ2v) is 7.94. The van der Waals surface area contributed by atoms with Crippen molar-refractivity contribution in [3.8, 4) is 0 Å². The lowest BCUT2D eigenvalue weighted by atomic mass is 10.0. The fourth-order valence-corrected chi connectivity index (χ4v) is 4.29. The number of morpholine rings is 1. The number of amides is 1. The molecule has 2 fully saturated rings. The molecule has 7 heteroatoms. The average Bonchev–Trinajstić information content (AvgIpc) is 3.21. The molecule has 4 heterocycles. The van der Waals surface area contributed by atoms with Crippen molar-refractivity contribution in [1.82, 2.24) is 4.90 Å². The summed E-state index contributed by atoms with van der Waals surface area (Å²) in [7, 11) is 0. The monoisotopic (exact) mass is 362 g/mol. The van der Waals surface area contributed by atoms with E-state index in [1.807, 2.05) is 29.2 Å². The largest absolute Gasteiger partial charge is 0.468 e. The molecule has 1 atom stereocenters. The maximum absolute atomic E-state index is 12.4. The molecule has 0 radical (unpaired) electrons. The third-order valence-corrected chi connectivity index (χ3v) is 5.65. The van der Waals surface area contributed by atoms with Gasteiger partial charge >= 0.3 is 0 Å². The number of rotatable bonds is 3. The number of thiophene rings is 1. The first-order valence-electron chi connectivity index (χ1n) is 8.47. The van der Waals surface area contributed by atoms with Crippen molar-refractivity contribution in [3.63, 3.8) is 0 Å². The molecule has 2 aromatic heterocycles. The number of ether oxygens (including phenoxy) is 2. The molecule has 2 aromatic rings. The van der Waals surface area contributed by atoms with Gasteiger partial charge in [-0.2, -0.15) is 0 Å². The molecule has 0 N–H and O–H groups in total. The Balaban J connectivity index is 1.53. The van der Waals surface area contributed by atoms with E-state index in [4.69, 9.17) is 13.9 Å². The molecule has 2 aliphatic rings. The van der Waals surface area contributed by atoms with Crippen LogP contribution >= 0.6 is 11.3 Å². The Morgan fingerprint density at radius 3 is 2.96 bits per heavy atom. The summed E-state index contributed by atoms with van der Waals surface area (Å²) >= 11 is 1.64. The van der Waals surface area contributed by atoms with Crippen molar-refractivity contribution in [2.75, 3.05) is 44.4 Å². The van der Waals surface area contributed by atoms with Gasteiger partial charge in [0.2, 0.25) is 0 Å². The van der Waals surface area contributed by atoms with E-state index >= 15 is 0 Å². The Hall–Kier alpha value is -1.67. The van der Waals surface area contributed by atoms with Gasteiger partial charge < -0.3 is 13.9 Å². The third-order valence-electron chi connectivity index (χ3n) is 4.63. The number of nitrogens with zero attached hydrogens (tertiary/aromatic N) is 2. The van der Waals surface area contributed by atoms with Gasteiger partial charge in [-0.1, -0.05) is 0 Å². The minimum absolute atomic E-state index is 0.00862. The fraction of sp³-hybridized carbons (Fsp3) is 0.500. The summed E-state index contributed by atoms with van der Waals surface area (Å²) < 4.78 is 17.3. The Bertz CT molecular complexity index is 729. The van der Waals surface area contributed by atoms with Gasteiger partial charge in [0, 0.05) is 18.0 Å². The van der Waals surface area contributed by atoms with E-state index in [0.717, 1.165) is 17.3 Å². The predicted molar refractivity (Wildman–Crippen MR) is 94.9 cm³/mol. The molecule has 2 saturated heterocycles. The lowest BCUT2D eigenvalue weighted by Gasteiger charge is -2.42. The number of anilines is 1. The minimum Gasteiger partial charge on any atom is -0.468 e. The highest BCUT2D eigenvalue weighted by atomic mass is 32.1. The van der Waals surface area contributed by atoms with E-state index in [0.29, 0.717) is 32.8 Å². The number of carbonyl (C=O) groups excluding carboxylic acids is 1. The molecular formula is C18H22N2O4S. The van der Waals surface area contributed by atoms with Crippen LogP contribution in [0.25, 0.3) is 0 Å². The zero-order valence-electron chi connectivity index (χ0n) is 14.3.